The molecule has 2 fully saturated rings. The number of aromatic amines is 1. The summed E-state index contributed by atoms with van der Waals surface area (Å²) in [7, 11) is 5.63. The van der Waals surface area contributed by atoms with E-state index in [-0.39, 0.29) is 53.3 Å². The smallest absolute Gasteiger partial charge is 0.497 e. The fraction of sp³-hybridized carbons (Fsp3) is 0.425. The van der Waals surface area contributed by atoms with E-state index in [0.717, 1.165) is 49.3 Å². The number of hydrogen-bond donors (Lipinski definition) is 1. The van der Waals surface area contributed by atoms with Gasteiger partial charge < -0.3 is 38.1 Å². The number of carbonyl (C=O) groups is 3. The molecule has 1 saturated carbocycles. The maximum Gasteiger partial charge on any atom is 0.514 e. The van der Waals surface area contributed by atoms with Crippen molar-refractivity contribution in [2.45, 2.75) is 50.6 Å². The molecule has 12 nitrogen and oxygen atoms in total. The Morgan fingerprint density at radius 3 is 2.27 bits per heavy atom. The summed E-state index contributed by atoms with van der Waals surface area (Å²) in [6, 6.07) is 13.0. The van der Waals surface area contributed by atoms with Crippen LogP contribution in [0.25, 0.3) is 10.9 Å². The molecule has 1 N–H and O–H groups in total. The van der Waals surface area contributed by atoms with Gasteiger partial charge in [-0.15, -0.1) is 0 Å². The fourth-order valence-corrected chi connectivity index (χ4v) is 8.42. The van der Waals surface area contributed by atoms with E-state index in [1.54, 1.807) is 7.11 Å². The number of piperidine rings is 1. The number of rotatable bonds is 9. The van der Waals surface area contributed by atoms with Crippen LogP contribution in [0, 0.1) is 17.8 Å². The second-order valence-corrected chi connectivity index (χ2v) is 14.0. The number of H-pyrrole nitrogens is 1. The van der Waals surface area contributed by atoms with Crippen molar-refractivity contribution in [3.05, 3.63) is 82.5 Å². The number of aromatic nitrogens is 1. The number of carbonyl (C=O) groups excluding carboxylic acids is 3. The van der Waals surface area contributed by atoms with Gasteiger partial charge >= 0.3 is 24.3 Å². The van der Waals surface area contributed by atoms with Gasteiger partial charge in [0.05, 0.1) is 51.5 Å². The van der Waals surface area contributed by atoms with Crippen molar-refractivity contribution < 1.29 is 60.7 Å². The molecule has 292 valence electrons. The van der Waals surface area contributed by atoms with Crippen LogP contribution in [-0.2, 0) is 38.2 Å². The van der Waals surface area contributed by atoms with Gasteiger partial charge in [-0.3, -0.25) is 9.69 Å². The summed E-state index contributed by atoms with van der Waals surface area (Å²) < 4.78 is 76.7. The highest BCUT2D eigenvalue weighted by atomic mass is 19.4. The van der Waals surface area contributed by atoms with E-state index >= 15 is 0 Å². The quantitative estimate of drug-likeness (QED) is 0.105. The highest BCUT2D eigenvalue weighted by Gasteiger charge is 2.49. The molecule has 1 aliphatic carbocycles. The standard InChI is InChI=1S/C40H41F3N2O10/c1-49-25-9-10-27-28-11-12-45-19-23-13-26(16-30(38(47)52-4)29(23)18-32(45)35(28)44-31(27)17-25)54-37(46)22-14-33(50-2)36(34(15-22)51-3)55-39(48)53-20-21-5-7-24(8-6-21)40(41,42)43/h5-10,14-15,17,23,26,29-30,32,44H,11-13,16,18-20H2,1-4H3. The average molecular weight is 767 g/mol. The molecule has 1 aromatic heterocycles. The van der Waals surface area contributed by atoms with Gasteiger partial charge in [0.1, 0.15) is 18.5 Å². The number of nitrogens with one attached hydrogen (secondary N) is 1. The zero-order valence-corrected chi connectivity index (χ0v) is 30.7. The molecule has 2 aliphatic heterocycles. The van der Waals surface area contributed by atoms with Gasteiger partial charge in [-0.2, -0.15) is 13.2 Å². The van der Waals surface area contributed by atoms with Gasteiger partial charge in [0, 0.05) is 35.8 Å². The molecule has 1 saturated heterocycles. The predicted molar refractivity (Wildman–Crippen MR) is 190 cm³/mol. The maximum atomic E-state index is 13.7. The van der Waals surface area contributed by atoms with E-state index in [2.05, 4.69) is 16.0 Å². The highest BCUT2D eigenvalue weighted by molar-refractivity contribution is 5.91. The third-order valence-electron chi connectivity index (χ3n) is 11.0. The zero-order chi connectivity index (χ0) is 39.0. The number of esters is 2. The SMILES string of the molecule is COC(=O)C1CC(OC(=O)c2cc(OC)c(OC(=O)OCc3ccc(C(F)(F)F)cc3)c(OC)c2)CC2CN3CCc4c([nH]c5cc(OC)ccc45)C3CC21. The molecule has 3 aromatic carbocycles. The molecule has 55 heavy (non-hydrogen) atoms. The van der Waals surface area contributed by atoms with E-state index in [0.29, 0.717) is 18.4 Å². The van der Waals surface area contributed by atoms with Crippen molar-refractivity contribution in [3.8, 4) is 23.0 Å². The van der Waals surface area contributed by atoms with Gasteiger partial charge in [0.15, 0.2) is 11.5 Å². The Hall–Kier alpha value is -5.44. The van der Waals surface area contributed by atoms with E-state index in [1.165, 1.54) is 62.2 Å². The number of halogens is 3. The first kappa shape index (κ1) is 37.9. The number of ether oxygens (including phenoxy) is 7. The maximum absolute atomic E-state index is 13.7. The summed E-state index contributed by atoms with van der Waals surface area (Å²) in [4.78, 5) is 45.6. The molecule has 4 aromatic rings. The van der Waals surface area contributed by atoms with Crippen LogP contribution in [0.2, 0.25) is 0 Å². The van der Waals surface area contributed by atoms with Crippen molar-refractivity contribution in [2.24, 2.45) is 17.8 Å². The largest absolute Gasteiger partial charge is 0.514 e. The minimum absolute atomic E-state index is 0.0196. The minimum atomic E-state index is -4.50. The van der Waals surface area contributed by atoms with Crippen molar-refractivity contribution in [1.82, 2.24) is 9.88 Å². The molecule has 7 rings (SSSR count). The first-order valence-electron chi connectivity index (χ1n) is 17.9. The molecule has 15 heteroatoms. The van der Waals surface area contributed by atoms with Crippen LogP contribution in [0.4, 0.5) is 18.0 Å². The second-order valence-electron chi connectivity index (χ2n) is 14.0. The van der Waals surface area contributed by atoms with Crippen LogP contribution in [-0.4, -0.2) is 75.6 Å². The Morgan fingerprint density at radius 1 is 0.891 bits per heavy atom. The molecule has 0 amide bonds. The molecular weight excluding hydrogens is 725 g/mol. The van der Waals surface area contributed by atoms with Gasteiger partial charge in [-0.25, -0.2) is 9.59 Å². The lowest BCUT2D eigenvalue weighted by atomic mass is 9.65. The summed E-state index contributed by atoms with van der Waals surface area (Å²) >= 11 is 0. The topological polar surface area (TPSA) is 135 Å². The molecule has 5 unspecified atom stereocenters. The predicted octanol–water partition coefficient (Wildman–Crippen LogP) is 7.27. The molecule has 0 radical (unpaired) electrons. The van der Waals surface area contributed by atoms with Crippen LogP contribution in [0.5, 0.6) is 23.0 Å². The highest BCUT2D eigenvalue weighted by Crippen LogP contribution is 2.50. The Bertz CT molecular complexity index is 2060. The lowest BCUT2D eigenvalue weighted by Gasteiger charge is -2.51. The molecule has 5 atom stereocenters. The van der Waals surface area contributed by atoms with Gasteiger partial charge in [0.2, 0.25) is 5.75 Å². The summed E-state index contributed by atoms with van der Waals surface area (Å²) in [6.07, 6.45) is -3.76. The first-order valence-corrected chi connectivity index (χ1v) is 17.9. The van der Waals surface area contributed by atoms with Gasteiger partial charge in [0.25, 0.3) is 0 Å². The van der Waals surface area contributed by atoms with Crippen molar-refractivity contribution in [2.75, 3.05) is 41.5 Å². The van der Waals surface area contributed by atoms with Crippen LogP contribution in [0.3, 0.4) is 0 Å². The lowest BCUT2D eigenvalue weighted by molar-refractivity contribution is -0.155. The van der Waals surface area contributed by atoms with E-state index in [9.17, 15) is 27.6 Å². The third-order valence-corrected chi connectivity index (χ3v) is 11.0. The van der Waals surface area contributed by atoms with Crippen molar-refractivity contribution in [3.63, 3.8) is 0 Å². The molecule has 0 spiro atoms. The summed E-state index contributed by atoms with van der Waals surface area (Å²) in [6.45, 7) is 1.24. The van der Waals surface area contributed by atoms with Crippen LogP contribution in [0.15, 0.2) is 54.6 Å². The van der Waals surface area contributed by atoms with E-state index < -0.39 is 35.9 Å². The monoisotopic (exact) mass is 766 g/mol. The second kappa shape index (κ2) is 15.4. The third kappa shape index (κ3) is 7.62. The molecule has 3 heterocycles. The minimum Gasteiger partial charge on any atom is -0.497 e. The van der Waals surface area contributed by atoms with Gasteiger partial charge in [-0.1, -0.05) is 12.1 Å². The van der Waals surface area contributed by atoms with Crippen molar-refractivity contribution in [1.29, 1.82) is 0 Å². The number of hydrogen-bond acceptors (Lipinski definition) is 11. The fourth-order valence-electron chi connectivity index (χ4n) is 8.42. The first-order chi connectivity index (χ1) is 26.4. The average Bonchev–Trinajstić information content (AvgIpc) is 3.56. The van der Waals surface area contributed by atoms with Crippen molar-refractivity contribution >= 4 is 29.0 Å². The number of methoxy groups -OCH3 is 4. The van der Waals surface area contributed by atoms with Crippen LogP contribution in [0.1, 0.15) is 58.0 Å². The summed E-state index contributed by atoms with van der Waals surface area (Å²) in [5.41, 5.74) is 3.02. The normalized spacial score (nSPS) is 22.1. The Morgan fingerprint density at radius 2 is 1.62 bits per heavy atom. The summed E-state index contributed by atoms with van der Waals surface area (Å²) in [5, 5.41) is 1.18. The Kier molecular flexibility index (Phi) is 10.6. The Labute approximate surface area is 314 Å². The number of nitrogens with zero attached hydrogens (tertiary/aromatic N) is 1. The molecule has 0 bridgehead atoms. The number of fused-ring (bicyclic) bond motifs is 6. The lowest BCUT2D eigenvalue weighted by Crippen LogP contribution is -2.52. The van der Waals surface area contributed by atoms with Crippen LogP contribution < -0.4 is 18.9 Å². The molecule has 3 aliphatic rings. The Balaban J connectivity index is 1.03. The van der Waals surface area contributed by atoms with Crippen LogP contribution >= 0.6 is 0 Å². The molecular formula is C40H41F3N2O10. The number of benzene rings is 3. The summed E-state index contributed by atoms with van der Waals surface area (Å²) in [5.74, 6) is -0.880. The van der Waals surface area contributed by atoms with E-state index in [4.69, 9.17) is 33.2 Å². The van der Waals surface area contributed by atoms with E-state index in [1.807, 2.05) is 12.1 Å². The zero-order valence-electron chi connectivity index (χ0n) is 30.7. The number of alkyl halides is 3. The van der Waals surface area contributed by atoms with Gasteiger partial charge in [-0.05, 0) is 85.0 Å².